The number of ketones is 1. The molecule has 1 aliphatic heterocycles. The number of likely N-dealkylation sites (tertiary alicyclic amines) is 1. The molecule has 0 aliphatic carbocycles. The lowest BCUT2D eigenvalue weighted by Crippen LogP contribution is -2.31. The molecule has 2 aromatic carbocycles. The minimum atomic E-state index is -0.736. The predicted molar refractivity (Wildman–Crippen MR) is 133 cm³/mol. The number of amides is 1. The molecule has 1 aliphatic rings. The highest BCUT2D eigenvalue weighted by atomic mass is 16.5. The van der Waals surface area contributed by atoms with E-state index in [2.05, 4.69) is 9.97 Å². The molecule has 7 heteroatoms. The van der Waals surface area contributed by atoms with Crippen LogP contribution in [-0.2, 0) is 16.0 Å². The van der Waals surface area contributed by atoms with Crippen LogP contribution in [-0.4, -0.2) is 44.8 Å². The van der Waals surface area contributed by atoms with Crippen molar-refractivity contribution in [2.24, 2.45) is 0 Å². The van der Waals surface area contributed by atoms with Crippen molar-refractivity contribution in [3.05, 3.63) is 102 Å². The highest BCUT2D eigenvalue weighted by Crippen LogP contribution is 2.39. The molecular formula is C28H25N3O4. The average molecular weight is 468 g/mol. The van der Waals surface area contributed by atoms with Gasteiger partial charge in [0.05, 0.1) is 18.2 Å². The van der Waals surface area contributed by atoms with Crippen molar-refractivity contribution in [1.82, 2.24) is 14.9 Å². The van der Waals surface area contributed by atoms with Crippen molar-refractivity contribution in [3.63, 3.8) is 0 Å². The topological polar surface area (TPSA) is 95.5 Å². The van der Waals surface area contributed by atoms with Crippen LogP contribution in [0.2, 0.25) is 0 Å². The minimum absolute atomic E-state index is 0.0612. The van der Waals surface area contributed by atoms with E-state index in [1.165, 1.54) is 4.90 Å². The predicted octanol–water partition coefficient (Wildman–Crippen LogP) is 4.63. The number of pyridine rings is 1. The molecule has 2 N–H and O–H groups in total. The normalized spacial score (nSPS) is 17.3. The molecule has 0 radical (unpaired) electrons. The van der Waals surface area contributed by atoms with Crippen LogP contribution in [0, 0.1) is 0 Å². The minimum Gasteiger partial charge on any atom is -0.507 e. The quantitative estimate of drug-likeness (QED) is 0.235. The van der Waals surface area contributed by atoms with E-state index in [-0.39, 0.29) is 11.3 Å². The van der Waals surface area contributed by atoms with Crippen molar-refractivity contribution in [2.45, 2.75) is 19.4 Å². The van der Waals surface area contributed by atoms with Crippen molar-refractivity contribution in [2.75, 3.05) is 13.2 Å². The summed E-state index contributed by atoms with van der Waals surface area (Å²) in [5.74, 6) is -0.891. The summed E-state index contributed by atoms with van der Waals surface area (Å²) in [7, 11) is 0. The lowest BCUT2D eigenvalue weighted by molar-refractivity contribution is -0.139. The first-order valence-corrected chi connectivity index (χ1v) is 11.5. The van der Waals surface area contributed by atoms with Gasteiger partial charge in [-0.1, -0.05) is 24.3 Å². The number of aliphatic hydroxyl groups is 1. The van der Waals surface area contributed by atoms with Crippen LogP contribution in [0.4, 0.5) is 0 Å². The summed E-state index contributed by atoms with van der Waals surface area (Å²) >= 11 is 0. The van der Waals surface area contributed by atoms with E-state index in [0.717, 1.165) is 16.5 Å². The fraction of sp³-hybridized carbons (Fsp3) is 0.179. The van der Waals surface area contributed by atoms with Crippen LogP contribution in [0.1, 0.15) is 29.7 Å². The third-order valence-corrected chi connectivity index (χ3v) is 6.28. The monoisotopic (exact) mass is 467 g/mol. The third-order valence-electron chi connectivity index (χ3n) is 6.28. The lowest BCUT2D eigenvalue weighted by atomic mass is 9.96. The summed E-state index contributed by atoms with van der Waals surface area (Å²) < 4.78 is 5.47. The second-order valence-electron chi connectivity index (χ2n) is 8.35. The van der Waals surface area contributed by atoms with Gasteiger partial charge in [0, 0.05) is 41.6 Å². The Bertz CT molecular complexity index is 1410. The Morgan fingerprint density at radius 2 is 1.89 bits per heavy atom. The maximum atomic E-state index is 13.2. The van der Waals surface area contributed by atoms with Crippen LogP contribution in [0.3, 0.4) is 0 Å². The van der Waals surface area contributed by atoms with E-state index >= 15 is 0 Å². The number of hydrogen-bond donors (Lipinski definition) is 2. The first-order valence-electron chi connectivity index (χ1n) is 11.5. The number of hydrogen-bond acceptors (Lipinski definition) is 5. The molecule has 35 heavy (non-hydrogen) atoms. The molecule has 7 nitrogen and oxygen atoms in total. The highest BCUT2D eigenvalue weighted by Gasteiger charge is 2.46. The number of para-hydroxylation sites is 1. The van der Waals surface area contributed by atoms with Crippen LogP contribution >= 0.6 is 0 Å². The van der Waals surface area contributed by atoms with Crippen LogP contribution in [0.15, 0.2) is 84.8 Å². The van der Waals surface area contributed by atoms with Crippen LogP contribution in [0.25, 0.3) is 16.7 Å². The molecule has 1 amide bonds. The number of ether oxygens (including phenoxy) is 1. The summed E-state index contributed by atoms with van der Waals surface area (Å²) in [5.41, 5.74) is 3.24. The summed E-state index contributed by atoms with van der Waals surface area (Å²) in [6.45, 7) is 2.72. The van der Waals surface area contributed by atoms with Crippen LogP contribution < -0.4 is 4.74 Å². The molecule has 1 fully saturated rings. The third kappa shape index (κ3) is 4.17. The molecule has 4 aromatic rings. The fourth-order valence-corrected chi connectivity index (χ4v) is 4.61. The van der Waals surface area contributed by atoms with Crippen molar-refractivity contribution >= 4 is 28.4 Å². The van der Waals surface area contributed by atoms with Gasteiger partial charge >= 0.3 is 0 Å². The van der Waals surface area contributed by atoms with Gasteiger partial charge in [0.1, 0.15) is 11.5 Å². The van der Waals surface area contributed by atoms with Gasteiger partial charge in [0.25, 0.3) is 11.7 Å². The summed E-state index contributed by atoms with van der Waals surface area (Å²) in [6.07, 6.45) is 5.74. The van der Waals surface area contributed by atoms with Crippen molar-refractivity contribution in [1.29, 1.82) is 0 Å². The van der Waals surface area contributed by atoms with E-state index in [1.807, 2.05) is 43.5 Å². The number of aromatic nitrogens is 2. The Labute approximate surface area is 202 Å². The number of rotatable bonds is 7. The van der Waals surface area contributed by atoms with Gasteiger partial charge < -0.3 is 19.7 Å². The Morgan fingerprint density at radius 3 is 2.63 bits per heavy atom. The average Bonchev–Trinajstić information content (AvgIpc) is 3.42. The first-order chi connectivity index (χ1) is 17.1. The number of nitrogens with one attached hydrogen (secondary N) is 1. The Morgan fingerprint density at radius 1 is 1.09 bits per heavy atom. The second-order valence-corrected chi connectivity index (χ2v) is 8.35. The number of H-pyrrole nitrogens is 1. The lowest BCUT2D eigenvalue weighted by Gasteiger charge is -2.25. The van der Waals surface area contributed by atoms with E-state index < -0.39 is 17.7 Å². The summed E-state index contributed by atoms with van der Waals surface area (Å²) in [6, 6.07) is 17.6. The van der Waals surface area contributed by atoms with Gasteiger partial charge in [-0.3, -0.25) is 14.6 Å². The smallest absolute Gasteiger partial charge is 0.295 e. The standard InChI is InChI=1S/C28H25N3O4/c1-2-35-21-11-9-18(10-12-21)26(32)24-25(20-6-5-14-29-16-20)31(28(34)27(24)33)15-13-19-17-30-23-8-4-3-7-22(19)23/h3-12,14,16-17,25,30,32H,2,13,15H2,1H3/b26-24-. The van der Waals surface area contributed by atoms with Crippen molar-refractivity contribution in [3.8, 4) is 5.75 Å². The Hall–Kier alpha value is -4.39. The number of aromatic amines is 1. The number of nitrogens with zero attached hydrogens (tertiary/aromatic N) is 2. The molecule has 2 aromatic heterocycles. The van der Waals surface area contributed by atoms with Crippen molar-refractivity contribution < 1.29 is 19.4 Å². The van der Waals surface area contributed by atoms with E-state index in [0.29, 0.717) is 36.4 Å². The maximum Gasteiger partial charge on any atom is 0.295 e. The molecule has 176 valence electrons. The number of benzene rings is 2. The maximum absolute atomic E-state index is 13.2. The van der Waals surface area contributed by atoms with Gasteiger partial charge in [-0.15, -0.1) is 0 Å². The van der Waals surface area contributed by atoms with Gasteiger partial charge in [-0.25, -0.2) is 0 Å². The summed E-state index contributed by atoms with van der Waals surface area (Å²) in [4.78, 5) is 35.3. The van der Waals surface area contributed by atoms with E-state index in [1.54, 1.807) is 42.7 Å². The Kier molecular flexibility index (Phi) is 6.06. The van der Waals surface area contributed by atoms with Crippen LogP contribution in [0.5, 0.6) is 5.75 Å². The molecule has 5 rings (SSSR count). The second kappa shape index (κ2) is 9.46. The Balaban J connectivity index is 1.52. The molecule has 1 saturated heterocycles. The van der Waals surface area contributed by atoms with Gasteiger partial charge in [-0.2, -0.15) is 0 Å². The molecule has 0 spiro atoms. The zero-order valence-electron chi connectivity index (χ0n) is 19.3. The molecule has 0 saturated carbocycles. The zero-order chi connectivity index (χ0) is 24.4. The largest absolute Gasteiger partial charge is 0.507 e. The molecular weight excluding hydrogens is 442 g/mol. The number of Topliss-reactive ketones (excluding diaryl/α,β-unsaturated/α-hetero) is 1. The molecule has 3 heterocycles. The number of carbonyl (C=O) groups is 2. The highest BCUT2D eigenvalue weighted by molar-refractivity contribution is 6.46. The first kappa shape index (κ1) is 22.4. The number of aliphatic hydroxyl groups excluding tert-OH is 1. The molecule has 1 atom stereocenters. The number of carbonyl (C=O) groups excluding carboxylic acids is 2. The SMILES string of the molecule is CCOc1ccc(/C(O)=C2/C(=O)C(=O)N(CCc3c[nH]c4ccccc34)C2c2cccnc2)cc1. The van der Waals surface area contributed by atoms with E-state index in [9.17, 15) is 14.7 Å². The molecule has 1 unspecified atom stereocenters. The van der Waals surface area contributed by atoms with Gasteiger partial charge in [-0.05, 0) is 60.9 Å². The molecule has 0 bridgehead atoms. The fourth-order valence-electron chi connectivity index (χ4n) is 4.61. The zero-order valence-corrected chi connectivity index (χ0v) is 19.3. The number of fused-ring (bicyclic) bond motifs is 1. The van der Waals surface area contributed by atoms with Gasteiger partial charge in [0.15, 0.2) is 0 Å². The summed E-state index contributed by atoms with van der Waals surface area (Å²) in [5, 5.41) is 12.3. The van der Waals surface area contributed by atoms with Gasteiger partial charge in [0.2, 0.25) is 0 Å². The van der Waals surface area contributed by atoms with E-state index in [4.69, 9.17) is 4.74 Å².